The Bertz CT molecular complexity index is 522. The molecule has 0 aliphatic heterocycles. The van der Waals surface area contributed by atoms with Crippen molar-refractivity contribution in [1.82, 2.24) is 9.97 Å². The Labute approximate surface area is 110 Å². The summed E-state index contributed by atoms with van der Waals surface area (Å²) in [5.74, 6) is 1.58. The van der Waals surface area contributed by atoms with Gasteiger partial charge in [0.05, 0.1) is 24.4 Å². The molecule has 0 aliphatic rings. The van der Waals surface area contributed by atoms with Crippen LogP contribution in [0.2, 0.25) is 0 Å². The summed E-state index contributed by atoms with van der Waals surface area (Å²) >= 11 is 1.60. The first-order valence-electron chi connectivity index (χ1n) is 5.40. The molecule has 0 N–H and O–H groups in total. The highest BCUT2D eigenvalue weighted by Gasteiger charge is 1.97. The molecule has 0 saturated carbocycles. The molecule has 0 saturated heterocycles. The predicted octanol–water partition coefficient (Wildman–Crippen LogP) is 2.52. The van der Waals surface area contributed by atoms with E-state index in [-0.39, 0.29) is 0 Å². The van der Waals surface area contributed by atoms with Crippen LogP contribution in [0.15, 0.2) is 47.9 Å². The Hall–Kier alpha value is -2.06. The monoisotopic (exact) mass is 257 g/mol. The minimum atomic E-state index is 0.590. The third-order valence-corrected chi connectivity index (χ3v) is 3.00. The van der Waals surface area contributed by atoms with Crippen LogP contribution in [0.3, 0.4) is 0 Å². The molecule has 1 heterocycles. The van der Waals surface area contributed by atoms with Crippen LogP contribution in [-0.4, -0.2) is 22.3 Å². The summed E-state index contributed by atoms with van der Waals surface area (Å²) < 4.78 is 5.55. The Morgan fingerprint density at radius 1 is 1.22 bits per heavy atom. The van der Waals surface area contributed by atoms with Crippen molar-refractivity contribution in [3.8, 4) is 11.8 Å². The molecule has 90 valence electrons. The maximum Gasteiger partial charge on any atom is 0.119 e. The Morgan fingerprint density at radius 2 is 2.06 bits per heavy atom. The standard InChI is InChI=1S/C13H11N3OS/c14-9-11-1-3-12(4-2-11)17-7-8-18-13-10-15-5-6-16-13/h1-6,10H,7-8H2. The molecule has 0 atom stereocenters. The van der Waals surface area contributed by atoms with E-state index in [1.165, 1.54) is 0 Å². The lowest BCUT2D eigenvalue weighted by Crippen LogP contribution is -2.00. The number of nitriles is 1. The van der Waals surface area contributed by atoms with Gasteiger partial charge in [0, 0.05) is 18.1 Å². The van der Waals surface area contributed by atoms with Crippen LogP contribution >= 0.6 is 11.8 Å². The van der Waals surface area contributed by atoms with Crippen molar-refractivity contribution in [2.24, 2.45) is 0 Å². The zero-order valence-corrected chi connectivity index (χ0v) is 10.4. The Balaban J connectivity index is 1.74. The first-order valence-corrected chi connectivity index (χ1v) is 6.39. The molecule has 1 aromatic heterocycles. The molecular formula is C13H11N3OS. The fourth-order valence-electron chi connectivity index (χ4n) is 1.29. The van der Waals surface area contributed by atoms with E-state index < -0.39 is 0 Å². The highest BCUT2D eigenvalue weighted by molar-refractivity contribution is 7.99. The van der Waals surface area contributed by atoms with E-state index >= 15 is 0 Å². The fourth-order valence-corrected chi connectivity index (χ4v) is 1.94. The van der Waals surface area contributed by atoms with E-state index in [1.807, 2.05) is 0 Å². The van der Waals surface area contributed by atoms with Crippen molar-refractivity contribution >= 4 is 11.8 Å². The van der Waals surface area contributed by atoms with Crippen molar-refractivity contribution in [2.75, 3.05) is 12.4 Å². The van der Waals surface area contributed by atoms with Gasteiger partial charge in [-0.25, -0.2) is 4.98 Å². The largest absolute Gasteiger partial charge is 0.493 e. The maximum atomic E-state index is 8.66. The fraction of sp³-hybridized carbons (Fsp3) is 0.154. The second-order valence-electron chi connectivity index (χ2n) is 3.38. The second kappa shape index (κ2) is 6.62. The topological polar surface area (TPSA) is 58.8 Å². The van der Waals surface area contributed by atoms with Gasteiger partial charge in [0.15, 0.2) is 0 Å². The van der Waals surface area contributed by atoms with E-state index in [1.54, 1.807) is 54.6 Å². The smallest absolute Gasteiger partial charge is 0.119 e. The molecule has 18 heavy (non-hydrogen) atoms. The maximum absolute atomic E-state index is 8.66. The van der Waals surface area contributed by atoms with Crippen LogP contribution in [-0.2, 0) is 0 Å². The van der Waals surface area contributed by atoms with Crippen LogP contribution in [0.4, 0.5) is 0 Å². The summed E-state index contributed by atoms with van der Waals surface area (Å²) in [5.41, 5.74) is 0.635. The first-order chi connectivity index (χ1) is 8.88. The molecule has 0 unspecified atom stereocenters. The van der Waals surface area contributed by atoms with E-state index in [0.717, 1.165) is 16.5 Å². The van der Waals surface area contributed by atoms with Gasteiger partial charge in [0.1, 0.15) is 10.8 Å². The minimum absolute atomic E-state index is 0.590. The molecule has 2 aromatic rings. The highest BCUT2D eigenvalue weighted by atomic mass is 32.2. The summed E-state index contributed by atoms with van der Waals surface area (Å²) in [6, 6.07) is 9.14. The molecule has 0 fully saturated rings. The molecular weight excluding hydrogens is 246 g/mol. The van der Waals surface area contributed by atoms with Crippen molar-refractivity contribution in [2.45, 2.75) is 5.03 Å². The summed E-state index contributed by atoms with van der Waals surface area (Å²) in [4.78, 5) is 8.14. The molecule has 0 amide bonds. The molecule has 4 nitrogen and oxygen atoms in total. The van der Waals surface area contributed by atoms with Gasteiger partial charge in [-0.2, -0.15) is 5.26 Å². The lowest BCUT2D eigenvalue weighted by molar-refractivity contribution is 0.344. The average molecular weight is 257 g/mol. The van der Waals surface area contributed by atoms with Gasteiger partial charge in [-0.1, -0.05) is 0 Å². The number of hydrogen-bond acceptors (Lipinski definition) is 5. The van der Waals surface area contributed by atoms with Crippen molar-refractivity contribution in [3.63, 3.8) is 0 Å². The predicted molar refractivity (Wildman–Crippen MR) is 69.4 cm³/mol. The minimum Gasteiger partial charge on any atom is -0.493 e. The van der Waals surface area contributed by atoms with Gasteiger partial charge >= 0.3 is 0 Å². The van der Waals surface area contributed by atoms with Crippen molar-refractivity contribution < 1.29 is 4.74 Å². The number of aromatic nitrogens is 2. The summed E-state index contributed by atoms with van der Waals surface area (Å²) in [7, 11) is 0. The van der Waals surface area contributed by atoms with Gasteiger partial charge in [-0.05, 0) is 24.3 Å². The molecule has 1 aromatic carbocycles. The van der Waals surface area contributed by atoms with Crippen LogP contribution in [0.1, 0.15) is 5.56 Å². The lowest BCUT2D eigenvalue weighted by Gasteiger charge is -2.05. The van der Waals surface area contributed by atoms with Crippen LogP contribution in [0.5, 0.6) is 5.75 Å². The third kappa shape index (κ3) is 3.75. The van der Waals surface area contributed by atoms with Gasteiger partial charge in [-0.3, -0.25) is 4.98 Å². The zero-order valence-electron chi connectivity index (χ0n) is 9.61. The number of ether oxygens (including phenoxy) is 1. The van der Waals surface area contributed by atoms with Gasteiger partial charge in [-0.15, -0.1) is 11.8 Å². The normalized spacial score (nSPS) is 9.72. The molecule has 0 spiro atoms. The molecule has 5 heteroatoms. The van der Waals surface area contributed by atoms with E-state index in [9.17, 15) is 0 Å². The van der Waals surface area contributed by atoms with Crippen LogP contribution in [0.25, 0.3) is 0 Å². The SMILES string of the molecule is N#Cc1ccc(OCCSc2cnccn2)cc1. The molecule has 0 radical (unpaired) electrons. The summed E-state index contributed by atoms with van der Waals surface area (Å²) in [6.07, 6.45) is 5.05. The van der Waals surface area contributed by atoms with Gasteiger partial charge in [0.25, 0.3) is 0 Å². The third-order valence-electron chi connectivity index (χ3n) is 2.12. The molecule has 0 bridgehead atoms. The number of hydrogen-bond donors (Lipinski definition) is 0. The average Bonchev–Trinajstić information content (AvgIpc) is 2.45. The van der Waals surface area contributed by atoms with E-state index in [0.29, 0.717) is 12.2 Å². The van der Waals surface area contributed by atoms with Crippen molar-refractivity contribution in [1.29, 1.82) is 5.26 Å². The molecule has 2 rings (SSSR count). The second-order valence-corrected chi connectivity index (χ2v) is 4.49. The van der Waals surface area contributed by atoms with E-state index in [2.05, 4.69) is 16.0 Å². The number of nitrogens with zero attached hydrogens (tertiary/aromatic N) is 3. The lowest BCUT2D eigenvalue weighted by atomic mass is 10.2. The summed E-state index contributed by atoms with van der Waals surface area (Å²) in [6.45, 7) is 0.590. The van der Waals surface area contributed by atoms with E-state index in [4.69, 9.17) is 10.00 Å². The summed E-state index contributed by atoms with van der Waals surface area (Å²) in [5, 5.41) is 9.55. The quantitative estimate of drug-likeness (QED) is 0.608. The Kier molecular flexibility index (Phi) is 4.56. The van der Waals surface area contributed by atoms with Gasteiger partial charge in [0.2, 0.25) is 0 Å². The highest BCUT2D eigenvalue weighted by Crippen LogP contribution is 2.15. The number of thioether (sulfide) groups is 1. The Morgan fingerprint density at radius 3 is 2.72 bits per heavy atom. The van der Waals surface area contributed by atoms with Crippen molar-refractivity contribution in [3.05, 3.63) is 48.4 Å². The molecule has 0 aliphatic carbocycles. The van der Waals surface area contributed by atoms with Crippen LogP contribution in [0, 0.1) is 11.3 Å². The van der Waals surface area contributed by atoms with Crippen LogP contribution < -0.4 is 4.74 Å². The number of benzene rings is 1. The first kappa shape index (κ1) is 12.4. The van der Waals surface area contributed by atoms with Gasteiger partial charge < -0.3 is 4.74 Å². The zero-order chi connectivity index (χ0) is 12.6. The number of rotatable bonds is 5.